The lowest BCUT2D eigenvalue weighted by Gasteiger charge is -2.23. The first-order chi connectivity index (χ1) is 11.5. The van der Waals surface area contributed by atoms with Crippen LogP contribution in [0.25, 0.3) is 0 Å². The van der Waals surface area contributed by atoms with Gasteiger partial charge in [0.2, 0.25) is 11.5 Å². The Morgan fingerprint density at radius 1 is 0.583 bits per heavy atom. The first-order valence-corrected chi connectivity index (χ1v) is 7.58. The number of hydrogen-bond donors (Lipinski definition) is 4. The molecule has 0 saturated carbocycles. The van der Waals surface area contributed by atoms with E-state index in [9.17, 15) is 20.4 Å². The smallest absolute Gasteiger partial charge is 0.204 e. The van der Waals surface area contributed by atoms with E-state index in [4.69, 9.17) is 0 Å². The van der Waals surface area contributed by atoms with Crippen LogP contribution in [-0.4, -0.2) is 20.4 Å². The first-order valence-electron chi connectivity index (χ1n) is 7.58. The van der Waals surface area contributed by atoms with Gasteiger partial charge in [0.05, 0.1) is 0 Å². The van der Waals surface area contributed by atoms with Gasteiger partial charge in [-0.05, 0) is 18.1 Å². The molecule has 0 heterocycles. The molecule has 0 unspecified atom stereocenters. The lowest BCUT2D eigenvalue weighted by molar-refractivity contribution is 0.341. The van der Waals surface area contributed by atoms with E-state index in [1.54, 1.807) is 6.92 Å². The first kappa shape index (κ1) is 15.7. The molecule has 0 amide bonds. The van der Waals surface area contributed by atoms with E-state index in [-0.39, 0.29) is 0 Å². The maximum atomic E-state index is 10.5. The molecular formula is C20H18O4. The summed E-state index contributed by atoms with van der Waals surface area (Å²) in [5.74, 6) is -2.69. The number of rotatable bonds is 3. The van der Waals surface area contributed by atoms with Crippen LogP contribution in [0.15, 0.2) is 60.7 Å². The molecule has 3 aromatic carbocycles. The zero-order valence-electron chi connectivity index (χ0n) is 13.1. The Bertz CT molecular complexity index is 789. The zero-order valence-corrected chi connectivity index (χ0v) is 13.1. The van der Waals surface area contributed by atoms with E-state index in [0.29, 0.717) is 11.1 Å². The summed E-state index contributed by atoms with van der Waals surface area (Å²) in [7, 11) is 0. The van der Waals surface area contributed by atoms with Gasteiger partial charge >= 0.3 is 0 Å². The van der Waals surface area contributed by atoms with Crippen LogP contribution in [0.5, 0.6) is 23.0 Å². The minimum absolute atomic E-state index is 0.320. The predicted molar refractivity (Wildman–Crippen MR) is 91.7 cm³/mol. The number of phenols is 4. The Hall–Kier alpha value is -3.14. The minimum Gasteiger partial charge on any atom is -0.504 e. The summed E-state index contributed by atoms with van der Waals surface area (Å²) in [5, 5.41) is 40.3. The molecule has 0 aromatic heterocycles. The average Bonchev–Trinajstić information content (AvgIpc) is 2.63. The van der Waals surface area contributed by atoms with Gasteiger partial charge in [-0.25, -0.2) is 0 Å². The van der Waals surface area contributed by atoms with Crippen molar-refractivity contribution in [3.05, 3.63) is 82.9 Å². The molecule has 4 N–H and O–H groups in total. The van der Waals surface area contributed by atoms with Gasteiger partial charge < -0.3 is 20.4 Å². The third-order valence-electron chi connectivity index (χ3n) is 4.24. The van der Waals surface area contributed by atoms with E-state index in [0.717, 1.165) is 11.1 Å². The molecule has 0 saturated heterocycles. The second-order valence-electron chi connectivity index (χ2n) is 5.69. The molecule has 122 valence electrons. The fourth-order valence-electron chi connectivity index (χ4n) is 3.00. The van der Waals surface area contributed by atoms with Crippen molar-refractivity contribution in [2.24, 2.45) is 0 Å². The van der Waals surface area contributed by atoms with Crippen LogP contribution < -0.4 is 0 Å². The number of phenolic OH excluding ortho intramolecular Hbond substituents is 4. The van der Waals surface area contributed by atoms with Gasteiger partial charge in [-0.15, -0.1) is 0 Å². The Labute approximate surface area is 139 Å². The number of hydrogen-bond acceptors (Lipinski definition) is 4. The lowest BCUT2D eigenvalue weighted by atomic mass is 9.82. The maximum Gasteiger partial charge on any atom is 0.204 e. The maximum absolute atomic E-state index is 10.5. The van der Waals surface area contributed by atoms with Crippen LogP contribution in [0.1, 0.15) is 28.2 Å². The van der Waals surface area contributed by atoms with Gasteiger partial charge in [-0.3, -0.25) is 0 Å². The van der Waals surface area contributed by atoms with Crippen molar-refractivity contribution >= 4 is 0 Å². The molecule has 4 heteroatoms. The van der Waals surface area contributed by atoms with E-state index in [1.807, 2.05) is 60.7 Å². The highest BCUT2D eigenvalue weighted by molar-refractivity contribution is 5.67. The highest BCUT2D eigenvalue weighted by Crippen LogP contribution is 2.51. The van der Waals surface area contributed by atoms with Crippen molar-refractivity contribution in [3.8, 4) is 23.0 Å². The van der Waals surface area contributed by atoms with Crippen LogP contribution in [-0.2, 0) is 0 Å². The second kappa shape index (κ2) is 6.16. The molecule has 0 radical (unpaired) electrons. The SMILES string of the molecule is Cc1c(O)c(O)c(O)c(O)c1C(c1ccccc1)c1ccccc1. The second-order valence-corrected chi connectivity index (χ2v) is 5.69. The largest absolute Gasteiger partial charge is 0.504 e. The number of aromatic hydroxyl groups is 4. The van der Waals surface area contributed by atoms with Gasteiger partial charge in [0.25, 0.3) is 0 Å². The molecule has 4 nitrogen and oxygen atoms in total. The molecule has 0 bridgehead atoms. The fraction of sp³-hybridized carbons (Fsp3) is 0.100. The molecule has 3 aromatic rings. The highest BCUT2D eigenvalue weighted by Gasteiger charge is 2.28. The van der Waals surface area contributed by atoms with Crippen molar-refractivity contribution in [1.82, 2.24) is 0 Å². The van der Waals surface area contributed by atoms with Gasteiger partial charge in [-0.1, -0.05) is 60.7 Å². The standard InChI is InChI=1S/C20H18O4/c1-12-15(18(22)20(24)19(23)17(12)21)16(13-8-4-2-5-9-13)14-10-6-3-7-11-14/h2-11,16,21-24H,1H3. The highest BCUT2D eigenvalue weighted by atomic mass is 16.3. The van der Waals surface area contributed by atoms with E-state index in [1.165, 1.54) is 0 Å². The Morgan fingerprint density at radius 2 is 1.00 bits per heavy atom. The summed E-state index contributed by atoms with van der Waals surface area (Å²) in [6.45, 7) is 1.60. The summed E-state index contributed by atoms with van der Waals surface area (Å²) in [4.78, 5) is 0. The third-order valence-corrected chi connectivity index (χ3v) is 4.24. The monoisotopic (exact) mass is 322 g/mol. The summed E-state index contributed by atoms with van der Waals surface area (Å²) >= 11 is 0. The molecule has 24 heavy (non-hydrogen) atoms. The van der Waals surface area contributed by atoms with Crippen LogP contribution in [0, 0.1) is 6.92 Å². The van der Waals surface area contributed by atoms with Gasteiger partial charge in [0.15, 0.2) is 11.5 Å². The minimum atomic E-state index is -0.718. The van der Waals surface area contributed by atoms with Crippen molar-refractivity contribution < 1.29 is 20.4 Å². The third kappa shape index (κ3) is 2.52. The fourth-order valence-corrected chi connectivity index (χ4v) is 3.00. The molecule has 0 aliphatic carbocycles. The van der Waals surface area contributed by atoms with Crippen molar-refractivity contribution in [2.75, 3.05) is 0 Å². The van der Waals surface area contributed by atoms with Crippen LogP contribution in [0.4, 0.5) is 0 Å². The summed E-state index contributed by atoms with van der Waals surface area (Å²) in [5.41, 5.74) is 2.47. The van der Waals surface area contributed by atoms with Crippen molar-refractivity contribution in [2.45, 2.75) is 12.8 Å². The molecule has 0 fully saturated rings. The van der Waals surface area contributed by atoms with Crippen LogP contribution >= 0.6 is 0 Å². The lowest BCUT2D eigenvalue weighted by Crippen LogP contribution is -2.06. The van der Waals surface area contributed by atoms with E-state index in [2.05, 4.69) is 0 Å². The summed E-state index contributed by atoms with van der Waals surface area (Å²) in [6.07, 6.45) is 0. The molecule has 0 spiro atoms. The van der Waals surface area contributed by atoms with Crippen LogP contribution in [0.2, 0.25) is 0 Å². The van der Waals surface area contributed by atoms with Gasteiger partial charge in [0, 0.05) is 17.0 Å². The topological polar surface area (TPSA) is 80.9 Å². The van der Waals surface area contributed by atoms with Crippen molar-refractivity contribution in [3.63, 3.8) is 0 Å². The predicted octanol–water partition coefficient (Wildman–Crippen LogP) is 4.00. The van der Waals surface area contributed by atoms with Gasteiger partial charge in [0.1, 0.15) is 0 Å². The molecule has 0 aliphatic rings. The van der Waals surface area contributed by atoms with E-state index >= 15 is 0 Å². The molecule has 0 aliphatic heterocycles. The summed E-state index contributed by atoms with van der Waals surface area (Å²) < 4.78 is 0. The molecular weight excluding hydrogens is 304 g/mol. The van der Waals surface area contributed by atoms with Crippen LogP contribution in [0.3, 0.4) is 0 Å². The Morgan fingerprint density at radius 3 is 1.46 bits per heavy atom. The Balaban J connectivity index is 2.33. The zero-order chi connectivity index (χ0) is 17.3. The average molecular weight is 322 g/mol. The van der Waals surface area contributed by atoms with E-state index < -0.39 is 28.9 Å². The molecule has 3 rings (SSSR count). The summed E-state index contributed by atoms with van der Waals surface area (Å²) in [6, 6.07) is 19.0. The molecule has 0 atom stereocenters. The van der Waals surface area contributed by atoms with Crippen molar-refractivity contribution in [1.29, 1.82) is 0 Å². The Kier molecular flexibility index (Phi) is 4.04. The number of benzene rings is 3. The normalized spacial score (nSPS) is 10.9. The quantitative estimate of drug-likeness (QED) is 0.334. The van der Waals surface area contributed by atoms with Gasteiger partial charge in [-0.2, -0.15) is 0 Å².